The molecular formula is C13H12BrNO2S. The fraction of sp³-hybridized carbons (Fsp3) is 0.154. The molecule has 0 spiro atoms. The van der Waals surface area contributed by atoms with E-state index in [2.05, 4.69) is 21.2 Å². The Bertz CT molecular complexity index is 527. The summed E-state index contributed by atoms with van der Waals surface area (Å²) in [6.45, 7) is 0.544. The van der Waals surface area contributed by atoms with Gasteiger partial charge in [-0.25, -0.2) is 0 Å². The Morgan fingerprint density at radius 1 is 1.39 bits per heavy atom. The molecule has 0 aliphatic rings. The molecule has 1 aromatic heterocycles. The van der Waals surface area contributed by atoms with Crippen LogP contribution < -0.4 is 5.32 Å². The van der Waals surface area contributed by atoms with Crippen molar-refractivity contribution in [3.05, 3.63) is 56.7 Å². The molecule has 2 N–H and O–H groups in total. The summed E-state index contributed by atoms with van der Waals surface area (Å²) >= 11 is 4.98. The van der Waals surface area contributed by atoms with Gasteiger partial charge in [-0.3, -0.25) is 10.1 Å². The summed E-state index contributed by atoms with van der Waals surface area (Å²) in [5.74, 6) is -0.864. The highest BCUT2D eigenvalue weighted by atomic mass is 79.9. The lowest BCUT2D eigenvalue weighted by Crippen LogP contribution is -2.27. The monoisotopic (exact) mass is 325 g/mol. The van der Waals surface area contributed by atoms with Crippen LogP contribution in [0.3, 0.4) is 0 Å². The van der Waals surface area contributed by atoms with Crippen molar-refractivity contribution in [2.24, 2.45) is 0 Å². The van der Waals surface area contributed by atoms with Gasteiger partial charge in [-0.05, 0) is 27.6 Å². The average Bonchev–Trinajstić information content (AvgIpc) is 2.76. The van der Waals surface area contributed by atoms with Crippen molar-refractivity contribution >= 4 is 33.2 Å². The second-order valence-corrected chi connectivity index (χ2v) is 5.71. The van der Waals surface area contributed by atoms with Crippen LogP contribution in [0.1, 0.15) is 16.5 Å². The van der Waals surface area contributed by atoms with E-state index in [9.17, 15) is 9.90 Å². The molecule has 2 aromatic rings. The SMILES string of the molecule is O=C(O)C(NCc1cc(Br)cs1)c1ccccc1. The van der Waals surface area contributed by atoms with Gasteiger partial charge in [0.25, 0.3) is 0 Å². The molecule has 0 saturated heterocycles. The Hall–Kier alpha value is -1.17. The molecule has 0 aliphatic heterocycles. The zero-order valence-corrected chi connectivity index (χ0v) is 11.9. The van der Waals surface area contributed by atoms with Crippen LogP contribution in [0, 0.1) is 0 Å². The molecule has 1 aromatic carbocycles. The normalized spacial score (nSPS) is 12.3. The van der Waals surface area contributed by atoms with Crippen LogP contribution in [0.4, 0.5) is 0 Å². The van der Waals surface area contributed by atoms with E-state index in [1.807, 2.05) is 41.8 Å². The van der Waals surface area contributed by atoms with Crippen molar-refractivity contribution < 1.29 is 9.90 Å². The van der Waals surface area contributed by atoms with Gasteiger partial charge in [-0.15, -0.1) is 11.3 Å². The molecule has 1 heterocycles. The molecule has 5 heteroatoms. The van der Waals surface area contributed by atoms with Crippen molar-refractivity contribution in [3.8, 4) is 0 Å². The smallest absolute Gasteiger partial charge is 0.325 e. The molecule has 18 heavy (non-hydrogen) atoms. The van der Waals surface area contributed by atoms with E-state index in [4.69, 9.17) is 0 Å². The Kier molecular flexibility index (Phi) is 4.52. The molecule has 0 amide bonds. The third-order valence-corrected chi connectivity index (χ3v) is 4.18. The first kappa shape index (κ1) is 13.3. The third kappa shape index (κ3) is 3.41. The number of aliphatic carboxylic acids is 1. The first-order chi connectivity index (χ1) is 8.66. The number of benzene rings is 1. The third-order valence-electron chi connectivity index (χ3n) is 2.48. The Balaban J connectivity index is 2.06. The standard InChI is InChI=1S/C13H12BrNO2S/c14-10-6-11(18-8-10)7-15-12(13(16)17)9-4-2-1-3-5-9/h1-6,8,12,15H,7H2,(H,16,17). The summed E-state index contributed by atoms with van der Waals surface area (Å²) in [5, 5.41) is 14.3. The lowest BCUT2D eigenvalue weighted by atomic mass is 10.1. The van der Waals surface area contributed by atoms with Crippen LogP contribution in [-0.4, -0.2) is 11.1 Å². The van der Waals surface area contributed by atoms with Crippen LogP contribution >= 0.6 is 27.3 Å². The van der Waals surface area contributed by atoms with Crippen LogP contribution in [0.2, 0.25) is 0 Å². The minimum Gasteiger partial charge on any atom is -0.480 e. The minimum absolute atomic E-state index is 0.544. The molecule has 1 atom stereocenters. The maximum absolute atomic E-state index is 11.3. The predicted molar refractivity (Wildman–Crippen MR) is 75.7 cm³/mol. The largest absolute Gasteiger partial charge is 0.480 e. The zero-order chi connectivity index (χ0) is 13.0. The van der Waals surface area contributed by atoms with E-state index in [1.165, 1.54) is 0 Å². The van der Waals surface area contributed by atoms with Gasteiger partial charge >= 0.3 is 5.97 Å². The van der Waals surface area contributed by atoms with Gasteiger partial charge in [-0.1, -0.05) is 30.3 Å². The van der Waals surface area contributed by atoms with Gasteiger partial charge in [-0.2, -0.15) is 0 Å². The second-order valence-electron chi connectivity index (χ2n) is 3.79. The number of carbonyl (C=O) groups is 1. The minimum atomic E-state index is -0.864. The second kappa shape index (κ2) is 6.13. The van der Waals surface area contributed by atoms with Gasteiger partial charge in [0, 0.05) is 21.3 Å². The van der Waals surface area contributed by atoms with E-state index in [0.717, 1.165) is 14.9 Å². The first-order valence-electron chi connectivity index (χ1n) is 5.41. The number of nitrogens with one attached hydrogen (secondary N) is 1. The van der Waals surface area contributed by atoms with Crippen LogP contribution in [0.5, 0.6) is 0 Å². The van der Waals surface area contributed by atoms with E-state index < -0.39 is 12.0 Å². The van der Waals surface area contributed by atoms with Crippen molar-refractivity contribution in [1.82, 2.24) is 5.32 Å². The van der Waals surface area contributed by atoms with Gasteiger partial charge in [0.1, 0.15) is 6.04 Å². The summed E-state index contributed by atoms with van der Waals surface area (Å²) in [4.78, 5) is 12.4. The molecule has 94 valence electrons. The average molecular weight is 326 g/mol. The quantitative estimate of drug-likeness (QED) is 0.885. The molecule has 2 rings (SSSR count). The number of rotatable bonds is 5. The maximum atomic E-state index is 11.3. The summed E-state index contributed by atoms with van der Waals surface area (Å²) in [6.07, 6.45) is 0. The summed E-state index contributed by atoms with van der Waals surface area (Å²) in [7, 11) is 0. The van der Waals surface area contributed by atoms with Crippen molar-refractivity contribution in [3.63, 3.8) is 0 Å². The van der Waals surface area contributed by atoms with Gasteiger partial charge in [0.15, 0.2) is 0 Å². The summed E-state index contributed by atoms with van der Waals surface area (Å²) in [6, 6.07) is 10.5. The Morgan fingerprint density at radius 3 is 2.67 bits per heavy atom. The molecule has 3 nitrogen and oxygen atoms in total. The molecule has 0 aliphatic carbocycles. The van der Waals surface area contributed by atoms with Crippen molar-refractivity contribution in [1.29, 1.82) is 0 Å². The van der Waals surface area contributed by atoms with Gasteiger partial charge in [0.05, 0.1) is 0 Å². The number of hydrogen-bond acceptors (Lipinski definition) is 3. The topological polar surface area (TPSA) is 49.3 Å². The number of hydrogen-bond donors (Lipinski definition) is 2. The summed E-state index contributed by atoms with van der Waals surface area (Å²) < 4.78 is 1.02. The van der Waals surface area contributed by atoms with Crippen LogP contribution in [0.15, 0.2) is 46.3 Å². The van der Waals surface area contributed by atoms with E-state index in [-0.39, 0.29) is 0 Å². The molecule has 1 unspecified atom stereocenters. The maximum Gasteiger partial charge on any atom is 0.325 e. The highest BCUT2D eigenvalue weighted by Gasteiger charge is 2.18. The van der Waals surface area contributed by atoms with Crippen LogP contribution in [-0.2, 0) is 11.3 Å². The molecule has 0 saturated carbocycles. The lowest BCUT2D eigenvalue weighted by molar-refractivity contribution is -0.139. The van der Waals surface area contributed by atoms with Gasteiger partial charge in [0.2, 0.25) is 0 Å². The molecule has 0 bridgehead atoms. The van der Waals surface area contributed by atoms with Gasteiger partial charge < -0.3 is 5.11 Å². The van der Waals surface area contributed by atoms with E-state index >= 15 is 0 Å². The molecule has 0 fully saturated rings. The van der Waals surface area contributed by atoms with E-state index in [0.29, 0.717) is 6.54 Å². The number of carboxylic acids is 1. The molecule has 0 radical (unpaired) electrons. The van der Waals surface area contributed by atoms with Crippen LogP contribution in [0.25, 0.3) is 0 Å². The Labute approximate surface area is 118 Å². The molecular weight excluding hydrogens is 314 g/mol. The highest BCUT2D eigenvalue weighted by molar-refractivity contribution is 9.10. The first-order valence-corrected chi connectivity index (χ1v) is 7.08. The van der Waals surface area contributed by atoms with Crippen molar-refractivity contribution in [2.45, 2.75) is 12.6 Å². The van der Waals surface area contributed by atoms with E-state index in [1.54, 1.807) is 11.3 Å². The fourth-order valence-electron chi connectivity index (χ4n) is 1.64. The Morgan fingerprint density at radius 2 is 2.11 bits per heavy atom. The van der Waals surface area contributed by atoms with Crippen molar-refractivity contribution in [2.75, 3.05) is 0 Å². The zero-order valence-electron chi connectivity index (χ0n) is 9.47. The highest BCUT2D eigenvalue weighted by Crippen LogP contribution is 2.21. The number of carboxylic acid groups (broad SMARTS) is 1. The predicted octanol–water partition coefficient (Wildman–Crippen LogP) is 3.43. The summed E-state index contributed by atoms with van der Waals surface area (Å²) in [5.41, 5.74) is 0.764. The lowest BCUT2D eigenvalue weighted by Gasteiger charge is -2.14. The fourth-order valence-corrected chi connectivity index (χ4v) is 3.04. The number of halogens is 1. The number of thiophene rings is 1.